The van der Waals surface area contributed by atoms with E-state index in [1.165, 1.54) is 25.4 Å². The first kappa shape index (κ1) is 17.8. The van der Waals surface area contributed by atoms with Gasteiger partial charge in [0.1, 0.15) is 10.6 Å². The molecule has 0 atom stereocenters. The van der Waals surface area contributed by atoms with Gasteiger partial charge in [0.05, 0.1) is 17.5 Å². The third-order valence-corrected chi connectivity index (χ3v) is 5.62. The Labute approximate surface area is 148 Å². The zero-order chi connectivity index (χ0) is 18.4. The van der Waals surface area contributed by atoms with E-state index < -0.39 is 21.7 Å². The summed E-state index contributed by atoms with van der Waals surface area (Å²) in [7, 11) is -3.68. The molecule has 6 nitrogen and oxygen atoms in total. The lowest BCUT2D eigenvalue weighted by Gasteiger charge is -2.11. The van der Waals surface area contributed by atoms with Crippen LogP contribution in [0.25, 0.3) is 16.7 Å². The molecule has 0 saturated heterocycles. The molecule has 0 spiro atoms. The second-order valence-corrected chi connectivity index (χ2v) is 8.22. The molecule has 0 aliphatic carbocycles. The number of alkyl halides is 3. The van der Waals surface area contributed by atoms with Crippen LogP contribution in [0.1, 0.15) is 12.6 Å². The van der Waals surface area contributed by atoms with Gasteiger partial charge in [-0.15, -0.1) is 0 Å². The van der Waals surface area contributed by atoms with Crippen LogP contribution in [-0.4, -0.2) is 33.9 Å². The zero-order valence-corrected chi connectivity index (χ0v) is 15.0. The van der Waals surface area contributed by atoms with Gasteiger partial charge in [-0.25, -0.2) is 18.1 Å². The lowest BCUT2D eigenvalue weighted by atomic mass is 10.3. The molecular formula is C14H10BrF3N4O2S. The Balaban J connectivity index is 2.31. The van der Waals surface area contributed by atoms with E-state index in [0.717, 1.165) is 16.9 Å². The van der Waals surface area contributed by atoms with E-state index in [-0.39, 0.29) is 22.0 Å². The highest BCUT2D eigenvalue weighted by molar-refractivity contribution is 9.10. The van der Waals surface area contributed by atoms with Crippen LogP contribution in [0, 0.1) is 0 Å². The fourth-order valence-corrected chi connectivity index (χ4v) is 3.72. The third kappa shape index (κ3) is 3.25. The number of halogens is 4. The van der Waals surface area contributed by atoms with E-state index in [9.17, 15) is 21.6 Å². The van der Waals surface area contributed by atoms with Crippen LogP contribution in [-0.2, 0) is 16.0 Å². The van der Waals surface area contributed by atoms with Crippen molar-refractivity contribution >= 4 is 36.7 Å². The van der Waals surface area contributed by atoms with Crippen molar-refractivity contribution in [2.45, 2.75) is 18.0 Å². The van der Waals surface area contributed by atoms with E-state index in [4.69, 9.17) is 0 Å². The van der Waals surface area contributed by atoms with Gasteiger partial charge in [-0.1, -0.05) is 6.92 Å². The van der Waals surface area contributed by atoms with Crippen LogP contribution in [0.5, 0.6) is 0 Å². The summed E-state index contributed by atoms with van der Waals surface area (Å²) < 4.78 is 64.9. The first-order valence-corrected chi connectivity index (χ1v) is 9.37. The highest BCUT2D eigenvalue weighted by Gasteiger charge is 2.33. The molecule has 3 aromatic rings. The largest absolute Gasteiger partial charge is 0.433 e. The Morgan fingerprint density at radius 1 is 1.16 bits per heavy atom. The molecule has 3 rings (SSSR count). The molecule has 0 bridgehead atoms. The molecule has 0 radical (unpaired) electrons. The first-order chi connectivity index (χ1) is 11.6. The molecule has 25 heavy (non-hydrogen) atoms. The van der Waals surface area contributed by atoms with E-state index >= 15 is 0 Å². The minimum atomic E-state index is -4.63. The molecule has 3 aromatic heterocycles. The average Bonchev–Trinajstić information content (AvgIpc) is 2.97. The summed E-state index contributed by atoms with van der Waals surface area (Å²) in [5.41, 5.74) is -1.04. The SMILES string of the molecule is CCS(=O)(=O)c1cc(Br)cnc1-n1ncc2cnc(C(F)(F)F)cc21. The summed E-state index contributed by atoms with van der Waals surface area (Å²) in [6.07, 6.45) is -0.943. The number of hydrogen-bond donors (Lipinski definition) is 0. The zero-order valence-electron chi connectivity index (χ0n) is 12.6. The van der Waals surface area contributed by atoms with Crippen molar-refractivity contribution < 1.29 is 21.6 Å². The molecule has 0 amide bonds. The second-order valence-electron chi connectivity index (χ2n) is 5.06. The monoisotopic (exact) mass is 434 g/mol. The van der Waals surface area contributed by atoms with E-state index in [1.54, 1.807) is 0 Å². The summed E-state index contributed by atoms with van der Waals surface area (Å²) in [4.78, 5) is 7.29. The molecule has 0 N–H and O–H groups in total. The quantitative estimate of drug-likeness (QED) is 0.631. The smallest absolute Gasteiger partial charge is 0.251 e. The highest BCUT2D eigenvalue weighted by Crippen LogP contribution is 2.31. The molecule has 3 heterocycles. The van der Waals surface area contributed by atoms with Crippen molar-refractivity contribution in [3.05, 3.63) is 40.9 Å². The molecular weight excluding hydrogens is 425 g/mol. The van der Waals surface area contributed by atoms with Crippen molar-refractivity contribution in [1.29, 1.82) is 0 Å². The fourth-order valence-electron chi connectivity index (χ4n) is 2.20. The Kier molecular flexibility index (Phi) is 4.31. The second kappa shape index (κ2) is 6.06. The number of pyridine rings is 2. The first-order valence-electron chi connectivity index (χ1n) is 6.93. The van der Waals surface area contributed by atoms with E-state index in [1.807, 2.05) is 0 Å². The van der Waals surface area contributed by atoms with Gasteiger partial charge in [-0.3, -0.25) is 4.98 Å². The van der Waals surface area contributed by atoms with Gasteiger partial charge in [0.25, 0.3) is 0 Å². The molecule has 132 valence electrons. The lowest BCUT2D eigenvalue weighted by molar-refractivity contribution is -0.141. The van der Waals surface area contributed by atoms with E-state index in [2.05, 4.69) is 31.0 Å². The molecule has 11 heteroatoms. The normalized spacial score (nSPS) is 12.7. The average molecular weight is 435 g/mol. The number of aromatic nitrogens is 4. The van der Waals surface area contributed by atoms with Crippen molar-refractivity contribution in [1.82, 2.24) is 19.7 Å². The predicted molar refractivity (Wildman–Crippen MR) is 87.1 cm³/mol. The van der Waals surface area contributed by atoms with Gasteiger partial charge in [0.15, 0.2) is 15.7 Å². The molecule has 0 aliphatic rings. The van der Waals surface area contributed by atoms with Gasteiger partial charge >= 0.3 is 6.18 Å². The molecule has 0 fully saturated rings. The van der Waals surface area contributed by atoms with Gasteiger partial charge in [-0.05, 0) is 28.1 Å². The maximum absolute atomic E-state index is 12.9. The molecule has 0 aromatic carbocycles. The summed E-state index contributed by atoms with van der Waals surface area (Å²) in [5.74, 6) is -0.258. The maximum Gasteiger partial charge on any atom is 0.433 e. The summed E-state index contributed by atoms with van der Waals surface area (Å²) in [5, 5.41) is 4.33. The minimum absolute atomic E-state index is 0.0599. The standard InChI is InChI=1S/C14H10BrF3N4O2S/c1-2-25(23,24)11-3-9(15)7-20-13(11)22-10-4-12(14(16,17)18)19-5-8(10)6-21-22/h3-7H,2H2,1H3. The van der Waals surface area contributed by atoms with Gasteiger partial charge in [0.2, 0.25) is 0 Å². The third-order valence-electron chi connectivity index (χ3n) is 3.46. The van der Waals surface area contributed by atoms with Crippen molar-refractivity contribution in [2.75, 3.05) is 5.75 Å². The Morgan fingerprint density at radius 2 is 1.88 bits per heavy atom. The topological polar surface area (TPSA) is 77.7 Å². The van der Waals surface area contributed by atoms with Crippen LogP contribution in [0.15, 0.2) is 40.1 Å². The lowest BCUT2D eigenvalue weighted by Crippen LogP contribution is -2.12. The van der Waals surface area contributed by atoms with Crippen molar-refractivity contribution in [2.24, 2.45) is 0 Å². The number of fused-ring (bicyclic) bond motifs is 1. The maximum atomic E-state index is 12.9. The highest BCUT2D eigenvalue weighted by atomic mass is 79.9. The minimum Gasteiger partial charge on any atom is -0.251 e. The number of nitrogens with zero attached hydrogens (tertiary/aromatic N) is 4. The van der Waals surface area contributed by atoms with Crippen LogP contribution in [0.4, 0.5) is 13.2 Å². The Hall–Kier alpha value is -2.01. The summed E-state index contributed by atoms with van der Waals surface area (Å²) >= 11 is 3.15. The fraction of sp³-hybridized carbons (Fsp3) is 0.214. The number of sulfone groups is 1. The molecule has 0 aliphatic heterocycles. The van der Waals surface area contributed by atoms with Gasteiger partial charge < -0.3 is 0 Å². The Morgan fingerprint density at radius 3 is 2.52 bits per heavy atom. The van der Waals surface area contributed by atoms with Gasteiger partial charge in [0, 0.05) is 22.3 Å². The van der Waals surface area contributed by atoms with Crippen LogP contribution >= 0.6 is 15.9 Å². The van der Waals surface area contributed by atoms with Crippen LogP contribution in [0.3, 0.4) is 0 Å². The summed E-state index contributed by atoms with van der Waals surface area (Å²) in [6.45, 7) is 1.47. The summed E-state index contributed by atoms with van der Waals surface area (Å²) in [6, 6.07) is 2.16. The van der Waals surface area contributed by atoms with Crippen molar-refractivity contribution in [3.63, 3.8) is 0 Å². The molecule has 0 saturated carbocycles. The van der Waals surface area contributed by atoms with Gasteiger partial charge in [-0.2, -0.15) is 18.3 Å². The Bertz CT molecular complexity index is 1060. The van der Waals surface area contributed by atoms with Crippen LogP contribution < -0.4 is 0 Å². The number of rotatable bonds is 3. The van der Waals surface area contributed by atoms with E-state index in [0.29, 0.717) is 9.86 Å². The van der Waals surface area contributed by atoms with Crippen molar-refractivity contribution in [3.8, 4) is 5.82 Å². The molecule has 0 unspecified atom stereocenters. The van der Waals surface area contributed by atoms with Crippen LogP contribution in [0.2, 0.25) is 0 Å². The predicted octanol–water partition coefficient (Wildman–Crippen LogP) is 3.39. The number of hydrogen-bond acceptors (Lipinski definition) is 5.